The number of hydrogen-bond donors (Lipinski definition) is 1. The van der Waals surface area contributed by atoms with Gasteiger partial charge in [-0.15, -0.1) is 0 Å². The minimum Gasteiger partial charge on any atom is -0.326 e. The minimum atomic E-state index is -3.71. The molecule has 7 heteroatoms. The van der Waals surface area contributed by atoms with Gasteiger partial charge in [0.1, 0.15) is 0 Å². The van der Waals surface area contributed by atoms with Crippen molar-refractivity contribution in [2.45, 2.75) is 11.8 Å². The Kier molecular flexibility index (Phi) is 3.73. The van der Waals surface area contributed by atoms with E-state index in [0.29, 0.717) is 5.69 Å². The predicted molar refractivity (Wildman–Crippen MR) is 58.7 cm³/mol. The zero-order valence-electron chi connectivity index (χ0n) is 8.84. The van der Waals surface area contributed by atoms with Crippen molar-refractivity contribution < 1.29 is 13.2 Å². The third kappa shape index (κ3) is 3.13. The van der Waals surface area contributed by atoms with E-state index in [1.54, 1.807) is 0 Å². The van der Waals surface area contributed by atoms with Gasteiger partial charge in [-0.3, -0.25) is 4.79 Å². The van der Waals surface area contributed by atoms with Crippen molar-refractivity contribution in [1.29, 1.82) is 0 Å². The number of amides is 1. The van der Waals surface area contributed by atoms with E-state index < -0.39 is 10.0 Å². The van der Waals surface area contributed by atoms with Crippen molar-refractivity contribution in [3.8, 4) is 0 Å². The molecule has 16 heavy (non-hydrogen) atoms. The number of carbonyl (C=O) groups is 1. The van der Waals surface area contributed by atoms with Gasteiger partial charge < -0.3 is 5.32 Å². The lowest BCUT2D eigenvalue weighted by atomic mass is 10.3. The van der Waals surface area contributed by atoms with Gasteiger partial charge in [-0.25, -0.2) is 0 Å². The summed E-state index contributed by atoms with van der Waals surface area (Å²) >= 11 is 0. The maximum Gasteiger partial charge on any atom is 0.299 e. The van der Waals surface area contributed by atoms with E-state index in [2.05, 4.69) is 15.0 Å². The number of hydrogen-bond acceptors (Lipinski definition) is 4. The Morgan fingerprint density at radius 3 is 2.25 bits per heavy atom. The topological polar surface area (TPSA) is 88.0 Å². The van der Waals surface area contributed by atoms with Gasteiger partial charge in [0.25, 0.3) is 10.0 Å². The molecule has 0 bridgehead atoms. The SMILES string of the molecule is CN=NS(=O)(=O)c1ccc(NC(C)=O)cc1. The Morgan fingerprint density at radius 1 is 1.25 bits per heavy atom. The van der Waals surface area contributed by atoms with E-state index in [-0.39, 0.29) is 10.8 Å². The molecular weight excluding hydrogens is 230 g/mol. The summed E-state index contributed by atoms with van der Waals surface area (Å²) < 4.78 is 26.0. The molecule has 0 radical (unpaired) electrons. The average Bonchev–Trinajstić information content (AvgIpc) is 2.17. The van der Waals surface area contributed by atoms with Gasteiger partial charge in [0.2, 0.25) is 5.91 Å². The van der Waals surface area contributed by atoms with E-state index >= 15 is 0 Å². The summed E-state index contributed by atoms with van der Waals surface area (Å²) in [5.41, 5.74) is 0.528. The molecule has 0 unspecified atom stereocenters. The molecule has 0 fully saturated rings. The van der Waals surface area contributed by atoms with E-state index in [1.807, 2.05) is 0 Å². The number of anilines is 1. The van der Waals surface area contributed by atoms with Gasteiger partial charge in [-0.05, 0) is 24.3 Å². The van der Waals surface area contributed by atoms with Crippen LogP contribution in [-0.4, -0.2) is 21.4 Å². The lowest BCUT2D eigenvalue weighted by Crippen LogP contribution is -2.05. The van der Waals surface area contributed by atoms with Crippen molar-refractivity contribution in [2.24, 2.45) is 9.63 Å². The summed E-state index contributed by atoms with van der Waals surface area (Å²) in [5.74, 6) is -0.219. The largest absolute Gasteiger partial charge is 0.326 e. The number of benzene rings is 1. The molecule has 0 aliphatic carbocycles. The Hall–Kier alpha value is -1.76. The van der Waals surface area contributed by atoms with Crippen LogP contribution in [0.25, 0.3) is 0 Å². The van der Waals surface area contributed by atoms with E-state index in [0.717, 1.165) is 0 Å². The first kappa shape index (κ1) is 12.3. The zero-order valence-corrected chi connectivity index (χ0v) is 9.65. The molecule has 0 spiro atoms. The second kappa shape index (κ2) is 4.84. The summed E-state index contributed by atoms with van der Waals surface area (Å²) in [6, 6.07) is 5.68. The highest BCUT2D eigenvalue weighted by atomic mass is 32.2. The first-order valence-electron chi connectivity index (χ1n) is 4.39. The monoisotopic (exact) mass is 241 g/mol. The van der Waals surface area contributed by atoms with Crippen LogP contribution in [0, 0.1) is 0 Å². The van der Waals surface area contributed by atoms with Crippen LogP contribution < -0.4 is 5.32 Å². The van der Waals surface area contributed by atoms with Gasteiger partial charge in [0, 0.05) is 19.7 Å². The maximum atomic E-state index is 11.4. The van der Waals surface area contributed by atoms with Crippen LogP contribution in [0.4, 0.5) is 5.69 Å². The number of carbonyl (C=O) groups excluding carboxylic acids is 1. The molecule has 1 rings (SSSR count). The number of sulfonamides is 1. The smallest absolute Gasteiger partial charge is 0.299 e. The fourth-order valence-corrected chi connectivity index (χ4v) is 1.86. The average molecular weight is 241 g/mol. The van der Waals surface area contributed by atoms with Crippen molar-refractivity contribution >= 4 is 21.6 Å². The molecule has 1 N–H and O–H groups in total. The first-order chi connectivity index (χ1) is 7.45. The molecule has 0 saturated heterocycles. The molecule has 6 nitrogen and oxygen atoms in total. The fraction of sp³-hybridized carbons (Fsp3) is 0.222. The fourth-order valence-electron chi connectivity index (χ4n) is 1.07. The summed E-state index contributed by atoms with van der Waals surface area (Å²) in [6.07, 6.45) is 0. The highest BCUT2D eigenvalue weighted by Crippen LogP contribution is 2.16. The van der Waals surface area contributed by atoms with Crippen molar-refractivity contribution in [3.05, 3.63) is 24.3 Å². The van der Waals surface area contributed by atoms with Crippen LogP contribution >= 0.6 is 0 Å². The Labute approximate surface area is 93.4 Å². The second-order valence-corrected chi connectivity index (χ2v) is 4.55. The molecule has 86 valence electrons. The van der Waals surface area contributed by atoms with Crippen LogP contribution in [0.3, 0.4) is 0 Å². The quantitative estimate of drug-likeness (QED) is 0.811. The van der Waals surface area contributed by atoms with Crippen molar-refractivity contribution in [2.75, 3.05) is 12.4 Å². The minimum absolute atomic E-state index is 0.0344. The van der Waals surface area contributed by atoms with E-state index in [4.69, 9.17) is 0 Å². The zero-order chi connectivity index (χ0) is 12.2. The van der Waals surface area contributed by atoms with Gasteiger partial charge in [0.05, 0.1) is 4.90 Å². The first-order valence-corrected chi connectivity index (χ1v) is 5.83. The molecule has 0 aliphatic heterocycles. The number of nitrogens with zero attached hydrogens (tertiary/aromatic N) is 2. The van der Waals surface area contributed by atoms with Gasteiger partial charge in [0.15, 0.2) is 0 Å². The second-order valence-electron chi connectivity index (χ2n) is 2.96. The highest BCUT2D eigenvalue weighted by Gasteiger charge is 2.11. The molecule has 1 amide bonds. The number of nitrogens with one attached hydrogen (secondary N) is 1. The third-order valence-corrected chi connectivity index (χ3v) is 2.91. The molecule has 1 aromatic rings. The maximum absolute atomic E-state index is 11.4. The summed E-state index contributed by atoms with van der Waals surface area (Å²) in [4.78, 5) is 10.8. The van der Waals surface area contributed by atoms with Gasteiger partial charge >= 0.3 is 0 Å². The predicted octanol–water partition coefficient (Wildman–Crippen LogP) is 1.42. The Bertz CT molecular complexity index is 505. The van der Waals surface area contributed by atoms with Crippen LogP contribution in [0.2, 0.25) is 0 Å². The third-order valence-electron chi connectivity index (χ3n) is 1.66. The number of rotatable bonds is 3. The molecular formula is C9H11N3O3S. The van der Waals surface area contributed by atoms with E-state index in [9.17, 15) is 13.2 Å². The molecule has 0 aliphatic rings. The van der Waals surface area contributed by atoms with Crippen LogP contribution in [0.5, 0.6) is 0 Å². The Morgan fingerprint density at radius 2 is 1.81 bits per heavy atom. The van der Waals surface area contributed by atoms with Gasteiger partial charge in [-0.2, -0.15) is 13.5 Å². The summed E-state index contributed by atoms with van der Waals surface area (Å²) in [5, 5.41) is 5.75. The summed E-state index contributed by atoms with van der Waals surface area (Å²) in [7, 11) is -2.43. The van der Waals surface area contributed by atoms with Gasteiger partial charge in [-0.1, -0.05) is 4.52 Å². The lowest BCUT2D eigenvalue weighted by Gasteiger charge is -2.02. The Balaban J connectivity index is 3.00. The van der Waals surface area contributed by atoms with Crippen LogP contribution in [0.15, 0.2) is 38.8 Å². The standard InChI is InChI=1S/C9H11N3O3S/c1-7(13)11-8-3-5-9(6-4-8)16(14,15)12-10-2/h3-6H,1-2H3,(H,11,13). The van der Waals surface area contributed by atoms with Crippen LogP contribution in [-0.2, 0) is 14.8 Å². The molecule has 1 aromatic carbocycles. The van der Waals surface area contributed by atoms with E-state index in [1.165, 1.54) is 38.2 Å². The van der Waals surface area contributed by atoms with Crippen LogP contribution in [0.1, 0.15) is 6.92 Å². The van der Waals surface area contributed by atoms with Crippen molar-refractivity contribution in [1.82, 2.24) is 0 Å². The summed E-state index contributed by atoms with van der Waals surface area (Å²) in [6.45, 7) is 1.37. The lowest BCUT2D eigenvalue weighted by molar-refractivity contribution is -0.114. The molecule has 0 aromatic heterocycles. The highest BCUT2D eigenvalue weighted by molar-refractivity contribution is 7.90. The normalized spacial score (nSPS) is 11.6. The molecule has 0 heterocycles. The molecule has 0 atom stereocenters. The molecule has 0 saturated carbocycles. The van der Waals surface area contributed by atoms with Crippen molar-refractivity contribution in [3.63, 3.8) is 0 Å².